The number of nitriles is 1. The number of piperidine rings is 1. The van der Waals surface area contributed by atoms with Gasteiger partial charge in [-0.3, -0.25) is 0 Å². The van der Waals surface area contributed by atoms with Gasteiger partial charge in [-0.25, -0.2) is 0 Å². The quantitative estimate of drug-likeness (QED) is 0.918. The lowest BCUT2D eigenvalue weighted by molar-refractivity contribution is 0.578. The van der Waals surface area contributed by atoms with Crippen LogP contribution in [0.3, 0.4) is 0 Å². The van der Waals surface area contributed by atoms with E-state index in [1.165, 1.54) is 42.9 Å². The van der Waals surface area contributed by atoms with Crippen molar-refractivity contribution in [3.63, 3.8) is 0 Å². The first kappa shape index (κ1) is 14.0. The predicted molar refractivity (Wildman–Crippen MR) is 88.9 cm³/mol. The molecule has 21 heavy (non-hydrogen) atoms. The monoisotopic (exact) mass is 297 g/mol. The second-order valence-electron chi connectivity index (χ2n) is 5.33. The summed E-state index contributed by atoms with van der Waals surface area (Å²) >= 11 is 1.55. The highest BCUT2D eigenvalue weighted by Gasteiger charge is 2.10. The molecule has 0 amide bonds. The fraction of sp³-hybridized carbons (Fsp3) is 0.353. The third-order valence-electron chi connectivity index (χ3n) is 3.83. The molecule has 0 bridgehead atoms. The van der Waals surface area contributed by atoms with Gasteiger partial charge in [-0.1, -0.05) is 0 Å². The number of thiophene rings is 1. The predicted octanol–water partition coefficient (Wildman–Crippen LogP) is 4.22. The van der Waals surface area contributed by atoms with Gasteiger partial charge >= 0.3 is 0 Å². The van der Waals surface area contributed by atoms with Crippen molar-refractivity contribution in [3.05, 3.63) is 46.2 Å². The van der Waals surface area contributed by atoms with Crippen molar-refractivity contribution in [1.29, 1.82) is 5.26 Å². The van der Waals surface area contributed by atoms with Gasteiger partial charge in [0.2, 0.25) is 0 Å². The van der Waals surface area contributed by atoms with E-state index in [4.69, 9.17) is 5.26 Å². The molecule has 108 valence electrons. The number of hydrogen-bond donors (Lipinski definition) is 1. The van der Waals surface area contributed by atoms with Crippen LogP contribution in [0, 0.1) is 11.3 Å². The number of anilines is 2. The highest BCUT2D eigenvalue weighted by Crippen LogP contribution is 2.23. The molecule has 1 aliphatic heterocycles. The minimum absolute atomic E-state index is 0.771. The number of rotatable bonds is 4. The molecular formula is C17H19N3S. The molecule has 0 atom stereocenters. The maximum absolute atomic E-state index is 8.83. The van der Waals surface area contributed by atoms with E-state index in [1.807, 2.05) is 12.1 Å². The smallest absolute Gasteiger partial charge is 0.110 e. The summed E-state index contributed by atoms with van der Waals surface area (Å²) in [5, 5.41) is 12.2. The summed E-state index contributed by atoms with van der Waals surface area (Å²) in [4.78, 5) is 4.42. The summed E-state index contributed by atoms with van der Waals surface area (Å²) in [6.07, 6.45) is 3.97. The van der Waals surface area contributed by atoms with Gasteiger partial charge < -0.3 is 10.2 Å². The highest BCUT2D eigenvalue weighted by molar-refractivity contribution is 7.12. The minimum Gasteiger partial charge on any atom is -0.380 e. The Kier molecular flexibility index (Phi) is 4.42. The van der Waals surface area contributed by atoms with Gasteiger partial charge in [-0.2, -0.15) is 5.26 Å². The molecule has 0 saturated carbocycles. The van der Waals surface area contributed by atoms with Crippen LogP contribution in [0.2, 0.25) is 0 Å². The average molecular weight is 297 g/mol. The molecule has 0 aliphatic carbocycles. The van der Waals surface area contributed by atoms with Crippen molar-refractivity contribution < 1.29 is 0 Å². The molecule has 1 saturated heterocycles. The molecule has 2 heterocycles. The molecule has 1 fully saturated rings. The van der Waals surface area contributed by atoms with E-state index in [9.17, 15) is 0 Å². The van der Waals surface area contributed by atoms with Crippen LogP contribution in [0.25, 0.3) is 0 Å². The van der Waals surface area contributed by atoms with Crippen LogP contribution in [0.4, 0.5) is 11.4 Å². The molecule has 4 heteroatoms. The van der Waals surface area contributed by atoms with Crippen LogP contribution < -0.4 is 10.2 Å². The van der Waals surface area contributed by atoms with Crippen molar-refractivity contribution in [3.8, 4) is 6.07 Å². The van der Waals surface area contributed by atoms with E-state index < -0.39 is 0 Å². The normalized spacial score (nSPS) is 14.7. The fourth-order valence-electron chi connectivity index (χ4n) is 2.66. The van der Waals surface area contributed by atoms with Crippen molar-refractivity contribution in [2.24, 2.45) is 0 Å². The zero-order chi connectivity index (χ0) is 14.5. The summed E-state index contributed by atoms with van der Waals surface area (Å²) < 4.78 is 0. The largest absolute Gasteiger partial charge is 0.380 e. The van der Waals surface area contributed by atoms with E-state index in [1.54, 1.807) is 11.3 Å². The van der Waals surface area contributed by atoms with Crippen LogP contribution >= 0.6 is 11.3 Å². The first-order valence-electron chi connectivity index (χ1n) is 7.43. The van der Waals surface area contributed by atoms with Gasteiger partial charge in [-0.05, 0) is 55.7 Å². The van der Waals surface area contributed by atoms with Crippen LogP contribution in [0.1, 0.15) is 29.0 Å². The lowest BCUT2D eigenvalue weighted by Crippen LogP contribution is -2.29. The van der Waals surface area contributed by atoms with Gasteiger partial charge in [0.15, 0.2) is 0 Å². The van der Waals surface area contributed by atoms with Crippen molar-refractivity contribution in [1.82, 2.24) is 0 Å². The van der Waals surface area contributed by atoms with Crippen LogP contribution in [-0.2, 0) is 6.54 Å². The summed E-state index contributed by atoms with van der Waals surface area (Å²) in [5.41, 5.74) is 2.45. The second kappa shape index (κ2) is 6.64. The Morgan fingerprint density at radius 2 is 1.81 bits per heavy atom. The number of nitrogens with zero attached hydrogens (tertiary/aromatic N) is 2. The molecule has 0 radical (unpaired) electrons. The zero-order valence-electron chi connectivity index (χ0n) is 12.0. The van der Waals surface area contributed by atoms with E-state index >= 15 is 0 Å². The summed E-state index contributed by atoms with van der Waals surface area (Å²) in [6.45, 7) is 3.13. The Balaban J connectivity index is 1.58. The van der Waals surface area contributed by atoms with Crippen LogP contribution in [-0.4, -0.2) is 13.1 Å². The van der Waals surface area contributed by atoms with E-state index in [-0.39, 0.29) is 0 Å². The standard InChI is InChI=1S/C17H19N3S/c18-12-16-8-9-17(21-16)13-19-14-4-6-15(7-5-14)20-10-2-1-3-11-20/h4-9,19H,1-3,10-11,13H2. The molecule has 1 aromatic carbocycles. The SMILES string of the molecule is N#Cc1ccc(CNc2ccc(N3CCCCC3)cc2)s1. The molecular weight excluding hydrogens is 278 g/mol. The minimum atomic E-state index is 0.771. The maximum atomic E-state index is 8.83. The summed E-state index contributed by atoms with van der Waals surface area (Å²) in [7, 11) is 0. The zero-order valence-corrected chi connectivity index (χ0v) is 12.8. The summed E-state index contributed by atoms with van der Waals surface area (Å²) in [6, 6.07) is 14.7. The fourth-order valence-corrected chi connectivity index (χ4v) is 3.41. The van der Waals surface area contributed by atoms with Gasteiger partial charge in [0.05, 0.1) is 0 Å². The Bertz CT molecular complexity index is 618. The Hall–Kier alpha value is -1.99. The van der Waals surface area contributed by atoms with E-state index in [2.05, 4.69) is 40.6 Å². The first-order chi connectivity index (χ1) is 10.3. The first-order valence-corrected chi connectivity index (χ1v) is 8.24. The third kappa shape index (κ3) is 3.56. The number of nitrogens with one attached hydrogen (secondary N) is 1. The van der Waals surface area contributed by atoms with Crippen molar-refractivity contribution in [2.45, 2.75) is 25.8 Å². The number of benzene rings is 1. The molecule has 0 unspecified atom stereocenters. The van der Waals surface area contributed by atoms with Crippen molar-refractivity contribution >= 4 is 22.7 Å². The molecule has 1 N–H and O–H groups in total. The lowest BCUT2D eigenvalue weighted by atomic mass is 10.1. The average Bonchev–Trinajstić information content (AvgIpc) is 3.02. The topological polar surface area (TPSA) is 39.1 Å². The summed E-state index contributed by atoms with van der Waals surface area (Å²) in [5.74, 6) is 0. The van der Waals surface area contributed by atoms with Crippen molar-refractivity contribution in [2.75, 3.05) is 23.3 Å². The van der Waals surface area contributed by atoms with Crippen LogP contribution in [0.5, 0.6) is 0 Å². The Morgan fingerprint density at radius 1 is 1.05 bits per heavy atom. The Labute approximate surface area is 129 Å². The number of hydrogen-bond acceptors (Lipinski definition) is 4. The Morgan fingerprint density at radius 3 is 2.48 bits per heavy atom. The second-order valence-corrected chi connectivity index (χ2v) is 6.49. The molecule has 2 aromatic rings. The van der Waals surface area contributed by atoms with Gasteiger partial charge in [0, 0.05) is 35.9 Å². The maximum Gasteiger partial charge on any atom is 0.110 e. The van der Waals surface area contributed by atoms with E-state index in [0.29, 0.717) is 0 Å². The van der Waals surface area contributed by atoms with Gasteiger partial charge in [0.25, 0.3) is 0 Å². The molecule has 1 aliphatic rings. The molecule has 3 nitrogen and oxygen atoms in total. The van der Waals surface area contributed by atoms with Crippen LogP contribution in [0.15, 0.2) is 36.4 Å². The van der Waals surface area contributed by atoms with Gasteiger partial charge in [0.1, 0.15) is 10.9 Å². The molecule has 3 rings (SSSR count). The molecule has 0 spiro atoms. The highest BCUT2D eigenvalue weighted by atomic mass is 32.1. The molecule has 1 aromatic heterocycles. The lowest BCUT2D eigenvalue weighted by Gasteiger charge is -2.28. The van der Waals surface area contributed by atoms with Gasteiger partial charge in [-0.15, -0.1) is 11.3 Å². The third-order valence-corrected chi connectivity index (χ3v) is 4.82. The van der Waals surface area contributed by atoms with E-state index in [0.717, 1.165) is 17.1 Å².